The third kappa shape index (κ3) is 5.80. The summed E-state index contributed by atoms with van der Waals surface area (Å²) in [5.41, 5.74) is 6.52. The van der Waals surface area contributed by atoms with Crippen LogP contribution in [0.3, 0.4) is 0 Å². The van der Waals surface area contributed by atoms with Crippen molar-refractivity contribution in [3.63, 3.8) is 0 Å². The summed E-state index contributed by atoms with van der Waals surface area (Å²) < 4.78 is 10.3. The number of rotatable bonds is 8. The van der Waals surface area contributed by atoms with E-state index in [1.54, 1.807) is 31.4 Å². The van der Waals surface area contributed by atoms with Crippen molar-refractivity contribution in [2.24, 2.45) is 0 Å². The lowest BCUT2D eigenvalue weighted by molar-refractivity contribution is 0.0600. The molecule has 0 saturated heterocycles. The van der Waals surface area contributed by atoms with Crippen LogP contribution in [0.15, 0.2) is 60.7 Å². The van der Waals surface area contributed by atoms with Gasteiger partial charge >= 0.3 is 5.97 Å². The summed E-state index contributed by atoms with van der Waals surface area (Å²) in [5.74, 6) is -0.0607. The van der Waals surface area contributed by atoms with Gasteiger partial charge in [0.2, 0.25) is 0 Å². The van der Waals surface area contributed by atoms with Crippen molar-refractivity contribution in [3.05, 3.63) is 82.9 Å². The average Bonchev–Trinajstić information content (AvgIpc) is 2.94. The lowest BCUT2D eigenvalue weighted by Crippen LogP contribution is -2.34. The van der Waals surface area contributed by atoms with Crippen molar-refractivity contribution >= 4 is 28.9 Å². The van der Waals surface area contributed by atoms with E-state index in [4.69, 9.17) is 9.47 Å². The minimum Gasteiger partial charge on any atom is -0.497 e. The summed E-state index contributed by atoms with van der Waals surface area (Å²) in [7, 11) is 2.95. The normalized spacial score (nSPS) is 15.2. The molecule has 6 nitrogen and oxygen atoms in total. The van der Waals surface area contributed by atoms with Gasteiger partial charge < -0.3 is 19.7 Å². The first kappa shape index (κ1) is 28.2. The Bertz CT molecular complexity index is 1360. The monoisotopic (exact) mass is 528 g/mol. The number of carbonyl (C=O) groups is 2. The molecule has 0 atom stereocenters. The van der Waals surface area contributed by atoms with Gasteiger partial charge in [0.15, 0.2) is 0 Å². The molecule has 0 saturated carbocycles. The fourth-order valence-electron chi connectivity index (χ4n) is 5.40. The number of carbonyl (C=O) groups excluding carboxylic acids is 2. The molecule has 3 aromatic rings. The highest BCUT2D eigenvalue weighted by atomic mass is 16.5. The van der Waals surface area contributed by atoms with E-state index < -0.39 is 5.97 Å². The van der Waals surface area contributed by atoms with Gasteiger partial charge in [-0.1, -0.05) is 40.7 Å². The molecule has 0 heterocycles. The van der Waals surface area contributed by atoms with E-state index in [1.807, 2.05) is 18.2 Å². The Balaban J connectivity index is 1.74. The Hall–Kier alpha value is -3.80. The van der Waals surface area contributed by atoms with Crippen LogP contribution in [0.4, 0.5) is 17.1 Å². The third-order valence-corrected chi connectivity index (χ3v) is 7.91. The van der Waals surface area contributed by atoms with Gasteiger partial charge in [-0.2, -0.15) is 0 Å². The van der Waals surface area contributed by atoms with Crippen molar-refractivity contribution in [3.8, 4) is 5.75 Å². The number of amides is 1. The lowest BCUT2D eigenvalue weighted by Gasteiger charge is -2.42. The molecule has 6 heteroatoms. The van der Waals surface area contributed by atoms with Crippen molar-refractivity contribution < 1.29 is 19.1 Å². The number of nitrogens with one attached hydrogen (secondary N) is 1. The minimum atomic E-state index is -0.441. The van der Waals surface area contributed by atoms with Gasteiger partial charge in [0, 0.05) is 23.9 Å². The van der Waals surface area contributed by atoms with E-state index in [1.165, 1.54) is 24.7 Å². The summed E-state index contributed by atoms with van der Waals surface area (Å²) >= 11 is 0. The number of hydrogen-bond acceptors (Lipinski definition) is 5. The second kappa shape index (κ2) is 11.1. The Morgan fingerprint density at radius 3 is 2.10 bits per heavy atom. The summed E-state index contributed by atoms with van der Waals surface area (Å²) in [6.45, 7) is 12.3. The van der Waals surface area contributed by atoms with Crippen molar-refractivity contribution in [1.29, 1.82) is 0 Å². The lowest BCUT2D eigenvalue weighted by atomic mass is 9.63. The molecule has 39 heavy (non-hydrogen) atoms. The Kier molecular flexibility index (Phi) is 8.05. The molecule has 3 aromatic carbocycles. The molecule has 0 bridgehead atoms. The maximum Gasteiger partial charge on any atom is 0.337 e. The zero-order chi connectivity index (χ0) is 28.4. The number of ether oxygens (including phenoxy) is 2. The third-order valence-electron chi connectivity index (χ3n) is 7.91. The first-order chi connectivity index (χ1) is 18.5. The number of benzene rings is 3. The van der Waals surface area contributed by atoms with Crippen LogP contribution >= 0.6 is 0 Å². The maximum atomic E-state index is 13.3. The molecular formula is C33H40N2O4. The van der Waals surface area contributed by atoms with Crippen LogP contribution in [0.1, 0.15) is 85.7 Å². The van der Waals surface area contributed by atoms with Crippen molar-refractivity contribution in [2.45, 2.75) is 64.7 Å². The summed E-state index contributed by atoms with van der Waals surface area (Å²) in [6.07, 6.45) is 3.24. The fourth-order valence-corrected chi connectivity index (χ4v) is 5.40. The Morgan fingerprint density at radius 1 is 0.846 bits per heavy atom. The minimum absolute atomic E-state index is 0.0893. The fraction of sp³-hybridized carbons (Fsp3) is 0.394. The second-order valence-electron chi connectivity index (χ2n) is 11.6. The van der Waals surface area contributed by atoms with Crippen molar-refractivity contribution in [1.82, 2.24) is 0 Å². The number of methoxy groups -OCH3 is 2. The van der Waals surface area contributed by atoms with Crippen LogP contribution in [0.5, 0.6) is 5.75 Å². The number of fused-ring (bicyclic) bond motifs is 1. The predicted octanol–water partition coefficient (Wildman–Crippen LogP) is 7.63. The van der Waals surface area contributed by atoms with Crippen LogP contribution in [-0.4, -0.2) is 32.6 Å². The van der Waals surface area contributed by atoms with Crippen LogP contribution in [0, 0.1) is 0 Å². The summed E-state index contributed by atoms with van der Waals surface area (Å²) in [4.78, 5) is 27.4. The van der Waals surface area contributed by atoms with Crippen LogP contribution in [0.25, 0.3) is 0 Å². The zero-order valence-electron chi connectivity index (χ0n) is 24.2. The molecule has 0 aliphatic heterocycles. The van der Waals surface area contributed by atoms with Crippen LogP contribution in [-0.2, 0) is 15.6 Å². The average molecular weight is 529 g/mol. The Morgan fingerprint density at radius 2 is 1.49 bits per heavy atom. The molecule has 0 radical (unpaired) electrons. The van der Waals surface area contributed by atoms with Crippen molar-refractivity contribution in [2.75, 3.05) is 31.0 Å². The molecule has 206 valence electrons. The standard InChI is InChI=1S/C33H40N2O4/c1-8-19-35(24-13-15-26-27(20-24)33(4,5)18-17-32(26,2)3)29-16-14-25(38-6)21-28(29)34-30(36)22-9-11-23(12-10-22)31(37)39-7/h9-16,20-21H,8,17-19H2,1-7H3,(H,34,36). The molecular weight excluding hydrogens is 488 g/mol. The maximum absolute atomic E-state index is 13.3. The molecule has 0 unspecified atom stereocenters. The molecule has 1 aliphatic rings. The summed E-state index contributed by atoms with van der Waals surface area (Å²) in [5, 5.41) is 3.09. The largest absolute Gasteiger partial charge is 0.497 e. The van der Waals surface area contributed by atoms with Gasteiger partial charge in [-0.05, 0) is 89.8 Å². The first-order valence-corrected chi connectivity index (χ1v) is 13.6. The van der Waals surface area contributed by atoms with Crippen LogP contribution < -0.4 is 15.0 Å². The van der Waals surface area contributed by atoms with E-state index in [0.717, 1.165) is 30.8 Å². The SMILES string of the molecule is CCCN(c1ccc2c(c1)C(C)(C)CCC2(C)C)c1ccc(OC)cc1NC(=O)c1ccc(C(=O)OC)cc1. The van der Waals surface area contributed by atoms with Gasteiger partial charge in [-0.25, -0.2) is 4.79 Å². The van der Waals surface area contributed by atoms with Gasteiger partial charge in [-0.3, -0.25) is 4.79 Å². The van der Waals surface area contributed by atoms with Gasteiger partial charge in [0.05, 0.1) is 31.2 Å². The van der Waals surface area contributed by atoms with Crippen LogP contribution in [0.2, 0.25) is 0 Å². The van der Waals surface area contributed by atoms with E-state index >= 15 is 0 Å². The highest BCUT2D eigenvalue weighted by molar-refractivity contribution is 6.07. The molecule has 0 spiro atoms. The number of esters is 1. The zero-order valence-corrected chi connectivity index (χ0v) is 24.2. The second-order valence-corrected chi connectivity index (χ2v) is 11.6. The quantitative estimate of drug-likeness (QED) is 0.304. The number of anilines is 3. The summed E-state index contributed by atoms with van der Waals surface area (Å²) in [6, 6.07) is 19.0. The predicted molar refractivity (Wildman–Crippen MR) is 158 cm³/mol. The Labute approximate surface area is 232 Å². The highest BCUT2D eigenvalue weighted by Crippen LogP contribution is 2.47. The number of hydrogen-bond donors (Lipinski definition) is 1. The van der Waals surface area contributed by atoms with Gasteiger partial charge in [0.1, 0.15) is 5.75 Å². The number of nitrogens with zero attached hydrogens (tertiary/aromatic N) is 1. The smallest absolute Gasteiger partial charge is 0.337 e. The molecule has 0 aromatic heterocycles. The van der Waals surface area contributed by atoms with E-state index in [2.05, 4.69) is 63.0 Å². The van der Waals surface area contributed by atoms with E-state index in [-0.39, 0.29) is 16.7 Å². The van der Waals surface area contributed by atoms with Gasteiger partial charge in [0.25, 0.3) is 5.91 Å². The molecule has 0 fully saturated rings. The first-order valence-electron chi connectivity index (χ1n) is 13.6. The molecule has 1 aliphatic carbocycles. The molecule has 4 rings (SSSR count). The topological polar surface area (TPSA) is 67.9 Å². The van der Waals surface area contributed by atoms with Gasteiger partial charge in [-0.15, -0.1) is 0 Å². The van der Waals surface area contributed by atoms with E-state index in [9.17, 15) is 9.59 Å². The molecule has 1 N–H and O–H groups in total. The molecule has 1 amide bonds. The van der Waals surface area contributed by atoms with E-state index in [0.29, 0.717) is 22.6 Å². The highest BCUT2D eigenvalue weighted by Gasteiger charge is 2.37.